The number of hydrogen-bond acceptors (Lipinski definition) is 6. The van der Waals surface area contributed by atoms with Crippen molar-refractivity contribution in [3.8, 4) is 5.75 Å². The lowest BCUT2D eigenvalue weighted by molar-refractivity contribution is 0.0200. The molecule has 0 saturated carbocycles. The van der Waals surface area contributed by atoms with Crippen LogP contribution < -0.4 is 4.74 Å². The monoisotopic (exact) mass is 326 g/mol. The van der Waals surface area contributed by atoms with Crippen molar-refractivity contribution < 1.29 is 29.6 Å². The molecule has 0 fully saturated rings. The van der Waals surface area contributed by atoms with Gasteiger partial charge in [-0.15, -0.1) is 0 Å². The summed E-state index contributed by atoms with van der Waals surface area (Å²) >= 11 is 0. The molecule has 6 heteroatoms. The summed E-state index contributed by atoms with van der Waals surface area (Å²) in [6.07, 6.45) is 3.29. The van der Waals surface area contributed by atoms with Crippen LogP contribution in [0.5, 0.6) is 5.75 Å². The van der Waals surface area contributed by atoms with E-state index in [1.54, 1.807) is 25.1 Å². The minimum absolute atomic E-state index is 0.181. The van der Waals surface area contributed by atoms with E-state index in [0.717, 1.165) is 12.8 Å². The Morgan fingerprint density at radius 3 is 2.09 bits per heavy atom. The number of hydrogen-bond donors (Lipinski definition) is 3. The maximum Gasteiger partial charge on any atom is 0.154 e. The maximum atomic E-state index is 10.8. The van der Waals surface area contributed by atoms with Gasteiger partial charge >= 0.3 is 0 Å². The van der Waals surface area contributed by atoms with Crippen LogP contribution >= 0.6 is 0 Å². The number of aliphatic hydroxyl groups excluding tert-OH is 3. The summed E-state index contributed by atoms with van der Waals surface area (Å²) in [7, 11) is 0. The van der Waals surface area contributed by atoms with Crippen LogP contribution in [0.15, 0.2) is 18.2 Å². The van der Waals surface area contributed by atoms with Crippen molar-refractivity contribution >= 4 is 12.6 Å². The van der Waals surface area contributed by atoms with Crippen LogP contribution in [0.3, 0.4) is 0 Å². The summed E-state index contributed by atoms with van der Waals surface area (Å²) in [6, 6.07) is 5.01. The third-order valence-corrected chi connectivity index (χ3v) is 3.25. The van der Waals surface area contributed by atoms with Crippen LogP contribution in [-0.2, 0) is 0 Å². The summed E-state index contributed by atoms with van der Waals surface area (Å²) in [5, 5.41) is 25.4. The van der Waals surface area contributed by atoms with E-state index in [2.05, 4.69) is 6.92 Å². The van der Waals surface area contributed by atoms with E-state index in [1.807, 2.05) is 0 Å². The standard InChI is InChI=1S/C12H14O3.C5H12O3/c1-2-3-7-15-12-6-4-5-10(8-13)11(12)9-14;1-5(2-6,3-7)4-8/h4-6,8-9H,2-3,7H2,1H3;6-8H,2-4H2,1H3. The van der Waals surface area contributed by atoms with Gasteiger partial charge in [-0.25, -0.2) is 0 Å². The van der Waals surface area contributed by atoms with Crippen LogP contribution in [0.1, 0.15) is 47.4 Å². The van der Waals surface area contributed by atoms with Gasteiger partial charge in [0.25, 0.3) is 0 Å². The molecule has 0 saturated heterocycles. The fraction of sp³-hybridized carbons (Fsp3) is 0.529. The van der Waals surface area contributed by atoms with Gasteiger partial charge in [-0.3, -0.25) is 9.59 Å². The Morgan fingerprint density at radius 2 is 1.70 bits per heavy atom. The molecule has 0 aromatic heterocycles. The van der Waals surface area contributed by atoms with Gasteiger partial charge in [0.1, 0.15) is 5.75 Å². The van der Waals surface area contributed by atoms with E-state index in [0.29, 0.717) is 36.1 Å². The first kappa shape index (κ1) is 21.2. The van der Waals surface area contributed by atoms with E-state index >= 15 is 0 Å². The third-order valence-electron chi connectivity index (χ3n) is 3.25. The largest absolute Gasteiger partial charge is 0.493 e. The Bertz CT molecular complexity index is 460. The molecule has 1 aromatic rings. The van der Waals surface area contributed by atoms with E-state index in [9.17, 15) is 9.59 Å². The van der Waals surface area contributed by atoms with E-state index in [4.69, 9.17) is 20.1 Å². The highest BCUT2D eigenvalue weighted by Gasteiger charge is 2.20. The lowest BCUT2D eigenvalue weighted by Crippen LogP contribution is -2.29. The molecule has 0 unspecified atom stereocenters. The van der Waals surface area contributed by atoms with Crippen molar-refractivity contribution in [3.05, 3.63) is 29.3 Å². The third kappa shape index (κ3) is 7.36. The second-order valence-electron chi connectivity index (χ2n) is 5.48. The zero-order chi connectivity index (χ0) is 17.7. The predicted molar refractivity (Wildman–Crippen MR) is 87.0 cm³/mol. The van der Waals surface area contributed by atoms with Crippen molar-refractivity contribution in [2.24, 2.45) is 5.41 Å². The van der Waals surface area contributed by atoms with Crippen LogP contribution in [0, 0.1) is 5.41 Å². The smallest absolute Gasteiger partial charge is 0.154 e. The molecule has 0 spiro atoms. The number of carbonyl (C=O) groups is 2. The average Bonchev–Trinajstić information content (AvgIpc) is 2.61. The average molecular weight is 326 g/mol. The number of aliphatic hydroxyl groups is 3. The first-order chi connectivity index (χ1) is 11.0. The second-order valence-corrected chi connectivity index (χ2v) is 5.48. The molecule has 1 rings (SSSR count). The van der Waals surface area contributed by atoms with Gasteiger partial charge in [0.05, 0.1) is 32.0 Å². The molecule has 0 amide bonds. The van der Waals surface area contributed by atoms with Gasteiger partial charge in [-0.05, 0) is 12.5 Å². The van der Waals surface area contributed by atoms with Gasteiger partial charge < -0.3 is 20.1 Å². The van der Waals surface area contributed by atoms with Crippen molar-refractivity contribution in [2.45, 2.75) is 26.7 Å². The van der Waals surface area contributed by atoms with E-state index in [-0.39, 0.29) is 19.8 Å². The normalized spacial score (nSPS) is 10.5. The van der Waals surface area contributed by atoms with Crippen LogP contribution in [0.4, 0.5) is 0 Å². The van der Waals surface area contributed by atoms with Crippen LogP contribution in [-0.4, -0.2) is 54.3 Å². The number of ether oxygens (including phenoxy) is 1. The number of carbonyl (C=O) groups excluding carboxylic acids is 2. The van der Waals surface area contributed by atoms with Crippen molar-refractivity contribution in [1.82, 2.24) is 0 Å². The molecule has 3 N–H and O–H groups in total. The Kier molecular flexibility index (Phi) is 10.9. The summed E-state index contributed by atoms with van der Waals surface area (Å²) in [5.41, 5.74) is 0.00241. The van der Waals surface area contributed by atoms with Crippen LogP contribution in [0.25, 0.3) is 0 Å². The zero-order valence-electron chi connectivity index (χ0n) is 13.7. The molecular weight excluding hydrogens is 300 g/mol. The Morgan fingerprint density at radius 1 is 1.09 bits per heavy atom. The minimum atomic E-state index is -0.708. The molecule has 130 valence electrons. The maximum absolute atomic E-state index is 10.8. The van der Waals surface area contributed by atoms with Crippen molar-refractivity contribution in [2.75, 3.05) is 26.4 Å². The van der Waals surface area contributed by atoms with Gasteiger partial charge in [0, 0.05) is 11.0 Å². The lowest BCUT2D eigenvalue weighted by Gasteiger charge is -2.20. The SMILES string of the molecule is CC(CO)(CO)CO.CCCCOc1cccc(C=O)c1C=O. The Balaban J connectivity index is 0.000000515. The number of unbranched alkanes of at least 4 members (excludes halogenated alkanes) is 1. The van der Waals surface area contributed by atoms with Gasteiger partial charge in [0.2, 0.25) is 0 Å². The molecule has 0 aliphatic heterocycles. The van der Waals surface area contributed by atoms with Gasteiger partial charge in [-0.1, -0.05) is 32.4 Å². The topological polar surface area (TPSA) is 104 Å². The van der Waals surface area contributed by atoms with Gasteiger partial charge in [-0.2, -0.15) is 0 Å². The summed E-state index contributed by atoms with van der Waals surface area (Å²) in [6.45, 7) is 3.69. The fourth-order valence-electron chi connectivity index (χ4n) is 1.39. The van der Waals surface area contributed by atoms with E-state index < -0.39 is 5.41 Å². The van der Waals surface area contributed by atoms with E-state index in [1.165, 1.54) is 0 Å². The number of aldehydes is 2. The molecule has 1 aromatic carbocycles. The molecule has 0 aliphatic carbocycles. The molecule has 6 nitrogen and oxygen atoms in total. The van der Waals surface area contributed by atoms with Crippen molar-refractivity contribution in [3.63, 3.8) is 0 Å². The number of benzene rings is 1. The highest BCUT2D eigenvalue weighted by Crippen LogP contribution is 2.19. The summed E-state index contributed by atoms with van der Waals surface area (Å²) in [4.78, 5) is 21.5. The molecule has 23 heavy (non-hydrogen) atoms. The fourth-order valence-corrected chi connectivity index (χ4v) is 1.39. The summed E-state index contributed by atoms with van der Waals surface area (Å²) < 4.78 is 5.42. The van der Waals surface area contributed by atoms with Gasteiger partial charge in [0.15, 0.2) is 12.6 Å². The highest BCUT2D eigenvalue weighted by molar-refractivity contribution is 5.92. The quantitative estimate of drug-likeness (QED) is 0.469. The van der Waals surface area contributed by atoms with Crippen LogP contribution in [0.2, 0.25) is 0 Å². The highest BCUT2D eigenvalue weighted by atomic mass is 16.5. The molecule has 0 aliphatic rings. The van der Waals surface area contributed by atoms with Crippen molar-refractivity contribution in [1.29, 1.82) is 0 Å². The molecule has 0 bridgehead atoms. The predicted octanol–water partition coefficient (Wildman–Crippen LogP) is 1.46. The molecule has 0 atom stereocenters. The lowest BCUT2D eigenvalue weighted by atomic mass is 9.95. The summed E-state index contributed by atoms with van der Waals surface area (Å²) in [5.74, 6) is 0.489. The Hall–Kier alpha value is -1.76. The molecule has 0 heterocycles. The number of rotatable bonds is 9. The first-order valence-electron chi connectivity index (χ1n) is 7.50. The molecular formula is C17H26O6. The minimum Gasteiger partial charge on any atom is -0.493 e. The zero-order valence-corrected chi connectivity index (χ0v) is 13.7. The first-order valence-corrected chi connectivity index (χ1v) is 7.50. The second kappa shape index (κ2) is 11.8. The molecule has 0 radical (unpaired) electrons. The Labute approximate surface area is 136 Å².